The van der Waals surface area contributed by atoms with Crippen molar-refractivity contribution in [1.29, 1.82) is 0 Å². The smallest absolute Gasteiger partial charge is 0.120 e. The third-order valence-electron chi connectivity index (χ3n) is 4.05. The minimum atomic E-state index is 0.136. The molecule has 1 aliphatic heterocycles. The van der Waals surface area contributed by atoms with Crippen molar-refractivity contribution in [3.05, 3.63) is 48.2 Å². The van der Waals surface area contributed by atoms with Crippen LogP contribution in [0.3, 0.4) is 0 Å². The third kappa shape index (κ3) is 6.65. The van der Waals surface area contributed by atoms with Crippen LogP contribution < -0.4 is 15.4 Å². The molecule has 1 aromatic carbocycles. The van der Waals surface area contributed by atoms with Gasteiger partial charge in [-0.25, -0.2) is 4.99 Å². The zero-order valence-corrected chi connectivity index (χ0v) is 16.5. The Morgan fingerprint density at radius 2 is 2.08 bits per heavy atom. The Hall–Kier alpha value is -2.11. The minimum Gasteiger partial charge on any atom is -0.491 e. The highest BCUT2D eigenvalue weighted by Crippen LogP contribution is 2.23. The van der Waals surface area contributed by atoms with Gasteiger partial charge in [-0.15, -0.1) is 0 Å². The van der Waals surface area contributed by atoms with Crippen LogP contribution >= 0.6 is 0 Å². The van der Waals surface area contributed by atoms with Crippen molar-refractivity contribution in [3.8, 4) is 5.75 Å². The number of hydrogen-bond acceptors (Lipinski definition) is 4. The summed E-state index contributed by atoms with van der Waals surface area (Å²) in [6.07, 6.45) is 3.80. The first-order chi connectivity index (χ1) is 12.5. The van der Waals surface area contributed by atoms with Gasteiger partial charge in [-0.05, 0) is 51.5 Å². The molecule has 0 amide bonds. The Morgan fingerprint density at radius 1 is 1.35 bits per heavy atom. The van der Waals surface area contributed by atoms with E-state index >= 15 is 0 Å². The predicted octanol–water partition coefficient (Wildman–Crippen LogP) is 3.39. The number of benzene rings is 1. The minimum absolute atomic E-state index is 0.136. The maximum absolute atomic E-state index is 5.96. The average Bonchev–Trinajstić information content (AvgIpc) is 2.60. The van der Waals surface area contributed by atoms with Crippen LogP contribution in [-0.4, -0.2) is 43.0 Å². The van der Waals surface area contributed by atoms with Crippen LogP contribution in [0.25, 0.3) is 5.70 Å². The summed E-state index contributed by atoms with van der Waals surface area (Å²) in [6, 6.07) is 6.37. The quantitative estimate of drug-likeness (QED) is 0.581. The van der Waals surface area contributed by atoms with E-state index in [0.29, 0.717) is 0 Å². The van der Waals surface area contributed by atoms with Gasteiger partial charge in [-0.1, -0.05) is 12.7 Å². The zero-order chi connectivity index (χ0) is 18.9. The molecule has 26 heavy (non-hydrogen) atoms. The topological polar surface area (TPSA) is 48.9 Å². The molecule has 0 bridgehead atoms. The van der Waals surface area contributed by atoms with Crippen LogP contribution in [0.4, 0.5) is 0 Å². The van der Waals surface area contributed by atoms with Gasteiger partial charge in [0.05, 0.1) is 6.10 Å². The van der Waals surface area contributed by atoms with Crippen LogP contribution in [0, 0.1) is 0 Å². The predicted molar refractivity (Wildman–Crippen MR) is 110 cm³/mol. The number of piperazine rings is 1. The lowest BCUT2D eigenvalue weighted by atomic mass is 10.1. The molecule has 0 radical (unpaired) electrons. The summed E-state index contributed by atoms with van der Waals surface area (Å²) in [4.78, 5) is 6.77. The summed E-state index contributed by atoms with van der Waals surface area (Å²) in [5.74, 6) is 1.69. The second-order valence-electron chi connectivity index (χ2n) is 6.86. The number of rotatable bonds is 7. The first-order valence-corrected chi connectivity index (χ1v) is 9.33. The van der Waals surface area contributed by atoms with Crippen LogP contribution in [0.5, 0.6) is 5.75 Å². The Labute approximate surface area is 157 Å². The fourth-order valence-electron chi connectivity index (χ4n) is 2.90. The van der Waals surface area contributed by atoms with Gasteiger partial charge in [0.1, 0.15) is 11.6 Å². The Balaban J connectivity index is 2.19. The summed E-state index contributed by atoms with van der Waals surface area (Å²) in [5, 5.41) is 6.66. The summed E-state index contributed by atoms with van der Waals surface area (Å²) in [7, 11) is 0. The van der Waals surface area contributed by atoms with Crippen LogP contribution in [0.2, 0.25) is 0 Å². The van der Waals surface area contributed by atoms with Crippen molar-refractivity contribution in [2.45, 2.75) is 40.3 Å². The van der Waals surface area contributed by atoms with Gasteiger partial charge >= 0.3 is 0 Å². The van der Waals surface area contributed by atoms with E-state index in [-0.39, 0.29) is 6.10 Å². The van der Waals surface area contributed by atoms with Crippen molar-refractivity contribution >= 4 is 11.5 Å². The van der Waals surface area contributed by atoms with Gasteiger partial charge in [0, 0.05) is 50.2 Å². The Morgan fingerprint density at radius 3 is 2.73 bits per heavy atom. The first kappa shape index (κ1) is 20.2. The molecule has 142 valence electrons. The number of allylic oxidation sites excluding steroid dienone is 1. The molecule has 0 saturated carbocycles. The molecule has 2 rings (SSSR count). The fourth-order valence-corrected chi connectivity index (χ4v) is 2.90. The average molecular weight is 357 g/mol. The normalized spacial score (nSPS) is 16.3. The summed E-state index contributed by atoms with van der Waals surface area (Å²) < 4.78 is 5.96. The van der Waals surface area contributed by atoms with Crippen molar-refractivity contribution in [2.75, 3.05) is 26.2 Å². The number of nitrogens with one attached hydrogen (secondary N) is 2. The molecule has 0 spiro atoms. The number of hydrogen-bond donors (Lipinski definition) is 2. The van der Waals surface area contributed by atoms with Gasteiger partial charge in [-0.2, -0.15) is 0 Å². The van der Waals surface area contributed by atoms with Crippen molar-refractivity contribution in [2.24, 2.45) is 4.99 Å². The van der Waals surface area contributed by atoms with Gasteiger partial charge in [0.2, 0.25) is 0 Å². The summed E-state index contributed by atoms with van der Waals surface area (Å²) in [6.45, 7) is 17.3. The van der Waals surface area contributed by atoms with E-state index in [1.807, 2.05) is 39.8 Å². The Bertz CT molecular complexity index is 658. The second-order valence-corrected chi connectivity index (χ2v) is 6.86. The van der Waals surface area contributed by atoms with Crippen molar-refractivity contribution < 1.29 is 4.74 Å². The Kier molecular flexibility index (Phi) is 7.88. The van der Waals surface area contributed by atoms with E-state index in [1.54, 1.807) is 6.20 Å². The van der Waals surface area contributed by atoms with Gasteiger partial charge in [-0.3, -0.25) is 4.90 Å². The molecule has 0 unspecified atom stereocenters. The van der Waals surface area contributed by atoms with E-state index in [0.717, 1.165) is 55.6 Å². The van der Waals surface area contributed by atoms with E-state index in [4.69, 9.17) is 4.74 Å². The maximum atomic E-state index is 5.96. The van der Waals surface area contributed by atoms with Crippen molar-refractivity contribution in [1.82, 2.24) is 15.5 Å². The van der Waals surface area contributed by atoms with E-state index in [1.165, 1.54) is 5.56 Å². The summed E-state index contributed by atoms with van der Waals surface area (Å²) in [5.41, 5.74) is 3.10. The van der Waals surface area contributed by atoms with Crippen LogP contribution in [0.1, 0.15) is 38.8 Å². The zero-order valence-electron chi connectivity index (χ0n) is 16.5. The molecule has 1 heterocycles. The van der Waals surface area contributed by atoms with Crippen LogP contribution in [0.15, 0.2) is 42.0 Å². The van der Waals surface area contributed by atoms with Gasteiger partial charge < -0.3 is 15.4 Å². The van der Waals surface area contributed by atoms with E-state index in [2.05, 4.69) is 39.2 Å². The van der Waals surface area contributed by atoms with Gasteiger partial charge in [0.25, 0.3) is 0 Å². The molecule has 1 aliphatic rings. The molecule has 1 aromatic rings. The summed E-state index contributed by atoms with van der Waals surface area (Å²) >= 11 is 0. The van der Waals surface area contributed by atoms with E-state index in [9.17, 15) is 0 Å². The standard InChI is InChI=1S/C21H32N4O/c1-6-7-23-18(5)24-17(4)20-12-19(13-21(14-20)26-16(2)3)15-25-10-8-22-9-11-25/h6-7,12-14,16,22H,4,8-11,15H2,1-3,5H3,(H,23,24)/b7-6-. The molecule has 1 saturated heterocycles. The molecule has 0 atom stereocenters. The second kappa shape index (κ2) is 10.1. The first-order valence-electron chi connectivity index (χ1n) is 9.33. The molecule has 2 N–H and O–H groups in total. The fraction of sp³-hybridized carbons (Fsp3) is 0.476. The van der Waals surface area contributed by atoms with Crippen LogP contribution in [-0.2, 0) is 6.54 Å². The molecular weight excluding hydrogens is 324 g/mol. The highest BCUT2D eigenvalue weighted by molar-refractivity contribution is 5.89. The number of aliphatic imine (C=N–C) groups is 1. The molecule has 0 aliphatic carbocycles. The molecule has 5 heteroatoms. The molecule has 1 fully saturated rings. The monoisotopic (exact) mass is 356 g/mol. The third-order valence-corrected chi connectivity index (χ3v) is 4.05. The number of nitrogens with zero attached hydrogens (tertiary/aromatic N) is 2. The SMILES string of the molecule is C=C(NC(C)=N/C=C\C)c1cc(CN2CCNCC2)cc(OC(C)C)c1. The number of amidine groups is 1. The van der Waals surface area contributed by atoms with E-state index < -0.39 is 0 Å². The molecular formula is C21H32N4O. The molecule has 5 nitrogen and oxygen atoms in total. The lowest BCUT2D eigenvalue weighted by molar-refractivity contribution is 0.229. The maximum Gasteiger partial charge on any atom is 0.120 e. The molecule has 0 aromatic heterocycles. The lowest BCUT2D eigenvalue weighted by Gasteiger charge is -2.27. The van der Waals surface area contributed by atoms with Crippen molar-refractivity contribution in [3.63, 3.8) is 0 Å². The number of ether oxygens (including phenoxy) is 1. The highest BCUT2D eigenvalue weighted by Gasteiger charge is 2.13. The highest BCUT2D eigenvalue weighted by atomic mass is 16.5. The lowest BCUT2D eigenvalue weighted by Crippen LogP contribution is -2.42. The van der Waals surface area contributed by atoms with Gasteiger partial charge in [0.15, 0.2) is 0 Å². The largest absolute Gasteiger partial charge is 0.491 e.